The van der Waals surface area contributed by atoms with Crippen molar-refractivity contribution in [2.75, 3.05) is 0 Å². The van der Waals surface area contributed by atoms with Crippen molar-refractivity contribution in [1.29, 1.82) is 0 Å². The van der Waals surface area contributed by atoms with E-state index in [-0.39, 0.29) is 0 Å². The fraction of sp³-hybridized carbons (Fsp3) is 0.190. The Labute approximate surface area is 135 Å². The lowest BCUT2D eigenvalue weighted by Crippen LogP contribution is -2.36. The maximum atomic E-state index is 4.22. The third kappa shape index (κ3) is 1.91. The Bertz CT molecular complexity index is 1010. The van der Waals surface area contributed by atoms with Gasteiger partial charge < -0.3 is 4.57 Å². The second-order valence-electron chi connectivity index (χ2n) is 6.37. The zero-order chi connectivity index (χ0) is 15.2. The van der Waals surface area contributed by atoms with E-state index in [1.54, 1.807) is 0 Å². The van der Waals surface area contributed by atoms with Crippen LogP contribution in [0.25, 0.3) is 22.9 Å². The first-order valence-corrected chi connectivity index (χ1v) is 8.34. The lowest BCUT2D eigenvalue weighted by molar-refractivity contribution is 0.905. The fourth-order valence-corrected chi connectivity index (χ4v) is 4.11. The minimum absolute atomic E-state index is 1.08. The molecule has 5 rings (SSSR count). The first-order valence-electron chi connectivity index (χ1n) is 8.34. The van der Waals surface area contributed by atoms with Gasteiger partial charge in [0, 0.05) is 23.3 Å². The average Bonchev–Trinajstić information content (AvgIpc) is 3.15. The summed E-state index contributed by atoms with van der Waals surface area (Å²) in [6, 6.07) is 13.5. The van der Waals surface area contributed by atoms with Crippen LogP contribution in [-0.4, -0.2) is 9.55 Å². The molecule has 23 heavy (non-hydrogen) atoms. The molecule has 2 aliphatic rings. The summed E-state index contributed by atoms with van der Waals surface area (Å²) in [4.78, 5) is 4.22. The summed E-state index contributed by atoms with van der Waals surface area (Å²) in [5.74, 6) is 0. The molecule has 0 N–H and O–H groups in total. The van der Waals surface area contributed by atoms with Crippen LogP contribution in [-0.2, 0) is 12.8 Å². The number of hydrogen-bond acceptors (Lipinski definition) is 1. The molecule has 0 saturated heterocycles. The summed E-state index contributed by atoms with van der Waals surface area (Å²) >= 11 is 0. The van der Waals surface area contributed by atoms with E-state index in [1.165, 1.54) is 38.4 Å². The van der Waals surface area contributed by atoms with Gasteiger partial charge in [-0.1, -0.05) is 42.5 Å². The zero-order valence-corrected chi connectivity index (χ0v) is 13.0. The largest absolute Gasteiger partial charge is 0.309 e. The van der Waals surface area contributed by atoms with Gasteiger partial charge in [0.2, 0.25) is 0 Å². The summed E-state index contributed by atoms with van der Waals surface area (Å²) < 4.78 is 2.18. The van der Waals surface area contributed by atoms with Gasteiger partial charge in [0.15, 0.2) is 0 Å². The number of imidazole rings is 1. The van der Waals surface area contributed by atoms with Crippen molar-refractivity contribution >= 4 is 11.8 Å². The highest BCUT2D eigenvalue weighted by molar-refractivity contribution is 5.74. The number of aromatic nitrogens is 2. The smallest absolute Gasteiger partial charge is 0.0989 e. The van der Waals surface area contributed by atoms with Crippen LogP contribution in [0.1, 0.15) is 24.0 Å². The molecular weight excluding hydrogens is 280 g/mol. The second-order valence-corrected chi connectivity index (χ2v) is 6.37. The van der Waals surface area contributed by atoms with Crippen LogP contribution in [0.4, 0.5) is 0 Å². The van der Waals surface area contributed by atoms with E-state index in [9.17, 15) is 0 Å². The molecule has 2 aliphatic carbocycles. The Morgan fingerprint density at radius 2 is 1.87 bits per heavy atom. The number of nitrogens with zero attached hydrogens (tertiary/aromatic N) is 2. The van der Waals surface area contributed by atoms with Crippen LogP contribution in [0.5, 0.6) is 0 Å². The van der Waals surface area contributed by atoms with E-state index in [1.807, 2.05) is 12.5 Å². The van der Waals surface area contributed by atoms with Crippen molar-refractivity contribution in [3.8, 4) is 11.1 Å². The zero-order valence-electron chi connectivity index (χ0n) is 13.0. The molecule has 0 fully saturated rings. The molecule has 3 aromatic rings. The monoisotopic (exact) mass is 298 g/mol. The third-order valence-electron chi connectivity index (χ3n) is 5.17. The molecule has 0 saturated carbocycles. The van der Waals surface area contributed by atoms with E-state index in [4.69, 9.17) is 0 Å². The van der Waals surface area contributed by atoms with E-state index in [0.29, 0.717) is 0 Å². The van der Waals surface area contributed by atoms with E-state index in [2.05, 4.69) is 58.2 Å². The van der Waals surface area contributed by atoms with Crippen LogP contribution in [0.2, 0.25) is 0 Å². The van der Waals surface area contributed by atoms with Gasteiger partial charge in [-0.2, -0.15) is 0 Å². The third-order valence-corrected chi connectivity index (χ3v) is 5.17. The van der Waals surface area contributed by atoms with Gasteiger partial charge in [0.25, 0.3) is 0 Å². The summed E-state index contributed by atoms with van der Waals surface area (Å²) in [6.45, 7) is 0. The Kier molecular flexibility index (Phi) is 2.77. The van der Waals surface area contributed by atoms with Crippen LogP contribution in [0.3, 0.4) is 0 Å². The van der Waals surface area contributed by atoms with E-state index >= 15 is 0 Å². The van der Waals surface area contributed by atoms with Gasteiger partial charge in [0.1, 0.15) is 0 Å². The lowest BCUT2D eigenvalue weighted by atomic mass is 9.83. The fourth-order valence-electron chi connectivity index (χ4n) is 4.11. The van der Waals surface area contributed by atoms with Crippen molar-refractivity contribution in [1.82, 2.24) is 9.55 Å². The molecule has 0 unspecified atom stereocenters. The van der Waals surface area contributed by atoms with Crippen molar-refractivity contribution < 1.29 is 0 Å². The Balaban J connectivity index is 1.84. The standard InChI is InChI=1S/C21H18N2/c1-2-5-16-15(4-1)8-9-19-17-6-3-7-21(23-13-12-22-14-23)20(17)11-10-18(16)19/h1-2,4-6,10-14H,3,7-9H2. The number of benzene rings is 2. The lowest BCUT2D eigenvalue weighted by Gasteiger charge is -2.22. The molecule has 0 aliphatic heterocycles. The molecule has 2 aromatic carbocycles. The highest BCUT2D eigenvalue weighted by atomic mass is 15.0. The normalized spacial score (nSPS) is 15.4. The van der Waals surface area contributed by atoms with Gasteiger partial charge in [0.05, 0.1) is 6.33 Å². The summed E-state index contributed by atoms with van der Waals surface area (Å²) in [5.41, 5.74) is 7.23. The van der Waals surface area contributed by atoms with Gasteiger partial charge in [-0.15, -0.1) is 0 Å². The number of hydrogen-bond donors (Lipinski definition) is 0. The van der Waals surface area contributed by atoms with E-state index < -0.39 is 0 Å². The number of rotatable bonds is 1. The van der Waals surface area contributed by atoms with Crippen molar-refractivity contribution in [3.05, 3.63) is 76.7 Å². The predicted molar refractivity (Wildman–Crippen MR) is 93.3 cm³/mol. The SMILES string of the molecule is C1=c2c3c(ccc2=C(n2ccnc2)CC1)-c1ccccc1CC3. The molecule has 1 heterocycles. The molecule has 112 valence electrons. The van der Waals surface area contributed by atoms with Gasteiger partial charge >= 0.3 is 0 Å². The molecular formula is C21H18N2. The van der Waals surface area contributed by atoms with Gasteiger partial charge in [-0.3, -0.25) is 0 Å². The van der Waals surface area contributed by atoms with Gasteiger partial charge in [-0.05, 0) is 53.2 Å². The number of aryl methyl sites for hydroxylation is 1. The topological polar surface area (TPSA) is 17.8 Å². The molecule has 0 atom stereocenters. The quantitative estimate of drug-likeness (QED) is 0.675. The minimum Gasteiger partial charge on any atom is -0.309 e. The van der Waals surface area contributed by atoms with E-state index in [0.717, 1.165) is 25.7 Å². The Hall–Kier alpha value is -2.61. The summed E-state index contributed by atoms with van der Waals surface area (Å²) in [5, 5.41) is 2.83. The second kappa shape index (κ2) is 4.95. The first-order chi connectivity index (χ1) is 11.4. The molecule has 2 heteroatoms. The number of fused-ring (bicyclic) bond motifs is 5. The summed E-state index contributed by atoms with van der Waals surface area (Å²) in [7, 11) is 0. The molecule has 0 radical (unpaired) electrons. The van der Waals surface area contributed by atoms with Gasteiger partial charge in [-0.25, -0.2) is 4.98 Å². The average molecular weight is 298 g/mol. The molecule has 0 bridgehead atoms. The van der Waals surface area contributed by atoms with Crippen molar-refractivity contribution in [2.45, 2.75) is 25.7 Å². The molecule has 2 nitrogen and oxygen atoms in total. The van der Waals surface area contributed by atoms with Crippen LogP contribution in [0.15, 0.2) is 55.1 Å². The van der Waals surface area contributed by atoms with Crippen molar-refractivity contribution in [3.63, 3.8) is 0 Å². The summed E-state index contributed by atoms with van der Waals surface area (Å²) in [6.07, 6.45) is 12.7. The van der Waals surface area contributed by atoms with Crippen LogP contribution >= 0.6 is 0 Å². The first kappa shape index (κ1) is 12.9. The maximum absolute atomic E-state index is 4.22. The highest BCUT2D eigenvalue weighted by Crippen LogP contribution is 2.31. The van der Waals surface area contributed by atoms with Crippen LogP contribution < -0.4 is 10.4 Å². The Morgan fingerprint density at radius 1 is 0.913 bits per heavy atom. The molecule has 0 amide bonds. The van der Waals surface area contributed by atoms with Crippen LogP contribution in [0, 0.1) is 0 Å². The Morgan fingerprint density at radius 3 is 2.78 bits per heavy atom. The maximum Gasteiger partial charge on any atom is 0.0989 e. The molecule has 0 spiro atoms. The minimum atomic E-state index is 1.08. The molecule has 1 aromatic heterocycles. The predicted octanol–water partition coefficient (Wildman–Crippen LogP) is 2.88. The van der Waals surface area contributed by atoms with Crippen molar-refractivity contribution in [2.24, 2.45) is 0 Å². The highest BCUT2D eigenvalue weighted by Gasteiger charge is 2.18.